The molecule has 0 aliphatic carbocycles. The summed E-state index contributed by atoms with van der Waals surface area (Å²) >= 11 is 1.57. The molecule has 0 aliphatic heterocycles. The fourth-order valence-electron chi connectivity index (χ4n) is 1.76. The minimum atomic E-state index is 0.509. The average molecular weight is 255 g/mol. The van der Waals surface area contributed by atoms with Crippen LogP contribution in [0.3, 0.4) is 0 Å². The average Bonchev–Trinajstić information content (AvgIpc) is 2.89. The van der Waals surface area contributed by atoms with Gasteiger partial charge in [0.2, 0.25) is 0 Å². The van der Waals surface area contributed by atoms with Crippen LogP contribution in [0.4, 0.5) is 0 Å². The highest BCUT2D eigenvalue weighted by Gasteiger charge is 2.12. The van der Waals surface area contributed by atoms with Gasteiger partial charge in [-0.2, -0.15) is 5.26 Å². The molecule has 0 saturated carbocycles. The predicted molar refractivity (Wildman–Crippen MR) is 74.5 cm³/mol. The third kappa shape index (κ3) is 2.27. The van der Waals surface area contributed by atoms with E-state index in [1.807, 2.05) is 5.38 Å². The molecular formula is C14H13N3S. The van der Waals surface area contributed by atoms with Gasteiger partial charge in [-0.05, 0) is 41.1 Å². The third-order valence-electron chi connectivity index (χ3n) is 2.72. The Hall–Kier alpha value is -2.12. The molecule has 0 aromatic carbocycles. The minimum Gasteiger partial charge on any atom is -0.396 e. The molecule has 2 heterocycles. The van der Waals surface area contributed by atoms with Gasteiger partial charge in [0.15, 0.2) is 0 Å². The van der Waals surface area contributed by atoms with E-state index in [4.69, 9.17) is 5.73 Å². The van der Waals surface area contributed by atoms with Crippen LogP contribution in [0.2, 0.25) is 0 Å². The van der Waals surface area contributed by atoms with Crippen molar-refractivity contribution in [1.29, 1.82) is 5.26 Å². The molecule has 4 heteroatoms. The van der Waals surface area contributed by atoms with Crippen molar-refractivity contribution < 1.29 is 0 Å². The van der Waals surface area contributed by atoms with Crippen LogP contribution in [-0.2, 0) is 6.42 Å². The Balaban J connectivity index is 2.55. The number of thiophene rings is 1. The summed E-state index contributed by atoms with van der Waals surface area (Å²) in [5.74, 6) is 0. The number of aromatic nitrogens is 1. The van der Waals surface area contributed by atoms with Crippen LogP contribution >= 0.6 is 11.3 Å². The number of rotatable bonds is 3. The number of nitrogens with two attached hydrogens (primary N) is 1. The van der Waals surface area contributed by atoms with Crippen LogP contribution in [0.25, 0.3) is 11.3 Å². The van der Waals surface area contributed by atoms with Crippen molar-refractivity contribution in [2.45, 2.75) is 13.3 Å². The summed E-state index contributed by atoms with van der Waals surface area (Å²) in [6, 6.07) is 7.83. The first-order valence-corrected chi connectivity index (χ1v) is 6.52. The van der Waals surface area contributed by atoms with Gasteiger partial charge in [-0.3, -0.25) is 4.98 Å². The van der Waals surface area contributed by atoms with Gasteiger partial charge in [-0.1, -0.05) is 6.92 Å². The van der Waals surface area contributed by atoms with Crippen molar-refractivity contribution in [1.82, 2.24) is 4.98 Å². The van der Waals surface area contributed by atoms with Gasteiger partial charge < -0.3 is 5.73 Å². The minimum absolute atomic E-state index is 0.509. The molecule has 2 aromatic rings. The highest BCUT2D eigenvalue weighted by molar-refractivity contribution is 7.11. The summed E-state index contributed by atoms with van der Waals surface area (Å²) in [5.41, 5.74) is 9.20. The Labute approximate surface area is 110 Å². The predicted octanol–water partition coefficient (Wildman–Crippen LogP) is 3.06. The van der Waals surface area contributed by atoms with Gasteiger partial charge >= 0.3 is 0 Å². The molecule has 0 bridgehead atoms. The van der Waals surface area contributed by atoms with Crippen LogP contribution in [-0.4, -0.2) is 4.98 Å². The van der Waals surface area contributed by atoms with E-state index < -0.39 is 0 Å². The first-order chi connectivity index (χ1) is 8.77. The van der Waals surface area contributed by atoms with Crippen molar-refractivity contribution in [3.63, 3.8) is 0 Å². The van der Waals surface area contributed by atoms with Crippen molar-refractivity contribution in [3.8, 4) is 6.07 Å². The lowest BCUT2D eigenvalue weighted by Crippen LogP contribution is -2.01. The first kappa shape index (κ1) is 12.3. The second-order valence-corrected chi connectivity index (χ2v) is 4.68. The molecular weight excluding hydrogens is 242 g/mol. The van der Waals surface area contributed by atoms with E-state index in [-0.39, 0.29) is 0 Å². The fraction of sp³-hybridized carbons (Fsp3) is 0.143. The molecule has 2 aromatic heterocycles. The topological polar surface area (TPSA) is 62.7 Å². The number of hydrogen-bond donors (Lipinski definition) is 1. The smallest absolute Gasteiger partial charge is 0.102 e. The monoisotopic (exact) mass is 255 g/mol. The maximum atomic E-state index is 9.31. The van der Waals surface area contributed by atoms with Crippen molar-refractivity contribution in [3.05, 3.63) is 52.0 Å². The lowest BCUT2D eigenvalue weighted by Gasteiger charge is -2.06. The van der Waals surface area contributed by atoms with Crippen LogP contribution < -0.4 is 5.73 Å². The standard InChI is InChI=1S/C14H13N3S/c1-2-10-5-8-18-14(10)13(16)12(9-15)11-3-6-17-7-4-11/h3-8H,2,16H2,1H3/b13-12+. The SMILES string of the molecule is CCc1ccsc1/C(N)=C(/C#N)c1ccncc1. The molecule has 0 amide bonds. The molecule has 18 heavy (non-hydrogen) atoms. The van der Waals surface area contributed by atoms with Crippen molar-refractivity contribution >= 4 is 22.6 Å². The third-order valence-corrected chi connectivity index (χ3v) is 3.71. The van der Waals surface area contributed by atoms with Gasteiger partial charge in [-0.15, -0.1) is 11.3 Å². The summed E-state index contributed by atoms with van der Waals surface area (Å²) in [6.45, 7) is 2.08. The Bertz CT molecular complexity index is 605. The maximum Gasteiger partial charge on any atom is 0.102 e. The van der Waals surface area contributed by atoms with Crippen LogP contribution in [0, 0.1) is 11.3 Å². The number of nitrogens with zero attached hydrogens (tertiary/aromatic N) is 2. The highest BCUT2D eigenvalue weighted by atomic mass is 32.1. The zero-order valence-electron chi connectivity index (χ0n) is 10.1. The molecule has 0 fully saturated rings. The maximum absolute atomic E-state index is 9.31. The molecule has 0 spiro atoms. The van der Waals surface area contributed by atoms with Crippen LogP contribution in [0.15, 0.2) is 36.0 Å². The van der Waals surface area contributed by atoms with Gasteiger partial charge in [0.25, 0.3) is 0 Å². The lowest BCUT2D eigenvalue weighted by molar-refractivity contribution is 1.15. The Morgan fingerprint density at radius 1 is 1.39 bits per heavy atom. The molecule has 0 aliphatic rings. The fourth-order valence-corrected chi connectivity index (χ4v) is 2.72. The van der Waals surface area contributed by atoms with Gasteiger partial charge in [0.1, 0.15) is 6.07 Å². The van der Waals surface area contributed by atoms with E-state index in [1.54, 1.807) is 35.9 Å². The van der Waals surface area contributed by atoms with Crippen LogP contribution in [0.1, 0.15) is 22.9 Å². The molecule has 90 valence electrons. The highest BCUT2D eigenvalue weighted by Crippen LogP contribution is 2.28. The molecule has 2 N–H and O–H groups in total. The molecule has 0 unspecified atom stereocenters. The largest absolute Gasteiger partial charge is 0.396 e. The van der Waals surface area contributed by atoms with E-state index >= 15 is 0 Å². The second-order valence-electron chi connectivity index (χ2n) is 3.76. The first-order valence-electron chi connectivity index (χ1n) is 5.65. The number of nitriles is 1. The van der Waals surface area contributed by atoms with Gasteiger partial charge in [0, 0.05) is 12.4 Å². The number of allylic oxidation sites excluding steroid dienone is 1. The van der Waals surface area contributed by atoms with Gasteiger partial charge in [-0.25, -0.2) is 0 Å². The summed E-state index contributed by atoms with van der Waals surface area (Å²) in [4.78, 5) is 4.94. The number of pyridine rings is 1. The Morgan fingerprint density at radius 2 is 2.11 bits per heavy atom. The summed E-state index contributed by atoms with van der Waals surface area (Å²) in [6.07, 6.45) is 4.23. The Kier molecular flexibility index (Phi) is 3.75. The molecule has 3 nitrogen and oxygen atoms in total. The van der Waals surface area contributed by atoms with Crippen LogP contribution in [0.5, 0.6) is 0 Å². The van der Waals surface area contributed by atoms with Crippen molar-refractivity contribution in [2.24, 2.45) is 5.73 Å². The van der Waals surface area contributed by atoms with Crippen molar-refractivity contribution in [2.75, 3.05) is 0 Å². The number of hydrogen-bond acceptors (Lipinski definition) is 4. The molecule has 2 rings (SSSR count). The van der Waals surface area contributed by atoms with E-state index in [2.05, 4.69) is 24.0 Å². The second kappa shape index (κ2) is 5.48. The lowest BCUT2D eigenvalue weighted by atomic mass is 10.0. The quantitative estimate of drug-likeness (QED) is 0.857. The normalized spacial score (nSPS) is 11.8. The number of aryl methyl sites for hydroxylation is 1. The molecule has 0 radical (unpaired) electrons. The van der Waals surface area contributed by atoms with E-state index in [9.17, 15) is 5.26 Å². The van der Waals surface area contributed by atoms with Gasteiger partial charge in [0.05, 0.1) is 16.1 Å². The van der Waals surface area contributed by atoms with E-state index in [1.165, 1.54) is 5.56 Å². The zero-order valence-corrected chi connectivity index (χ0v) is 10.9. The molecule has 0 saturated heterocycles. The summed E-state index contributed by atoms with van der Waals surface area (Å²) < 4.78 is 0. The van der Waals surface area contributed by atoms with E-state index in [0.717, 1.165) is 16.9 Å². The summed E-state index contributed by atoms with van der Waals surface area (Å²) in [5, 5.41) is 11.3. The van der Waals surface area contributed by atoms with E-state index in [0.29, 0.717) is 11.3 Å². The summed E-state index contributed by atoms with van der Waals surface area (Å²) in [7, 11) is 0. The Morgan fingerprint density at radius 3 is 2.72 bits per heavy atom. The molecule has 0 atom stereocenters. The zero-order chi connectivity index (χ0) is 13.0.